The number of amides is 1. The fourth-order valence-electron chi connectivity index (χ4n) is 2.60. The summed E-state index contributed by atoms with van der Waals surface area (Å²) in [5.74, 6) is 1.13. The highest BCUT2D eigenvalue weighted by Crippen LogP contribution is 2.40. The van der Waals surface area contributed by atoms with Crippen LogP contribution in [0.25, 0.3) is 0 Å². The van der Waals surface area contributed by atoms with Gasteiger partial charge in [-0.1, -0.05) is 24.3 Å². The molecule has 0 aliphatic rings. The third-order valence-corrected chi connectivity index (χ3v) is 3.74. The van der Waals surface area contributed by atoms with Crippen LogP contribution in [0.3, 0.4) is 0 Å². The number of nitrogens with zero attached hydrogens (tertiary/aromatic N) is 3. The van der Waals surface area contributed by atoms with E-state index in [1.54, 1.807) is 32.5 Å². The Morgan fingerprint density at radius 2 is 1.76 bits per heavy atom. The van der Waals surface area contributed by atoms with Gasteiger partial charge in [-0.3, -0.25) is 9.69 Å². The van der Waals surface area contributed by atoms with Crippen LogP contribution in [0.15, 0.2) is 67.1 Å². The van der Waals surface area contributed by atoms with Gasteiger partial charge in [0.15, 0.2) is 0 Å². The van der Waals surface area contributed by atoms with Crippen molar-refractivity contribution in [3.8, 4) is 5.75 Å². The molecule has 0 unspecified atom stereocenters. The maximum Gasteiger partial charge on any atom is 0.253 e. The van der Waals surface area contributed by atoms with E-state index < -0.39 is 0 Å². The summed E-state index contributed by atoms with van der Waals surface area (Å²) in [4.78, 5) is 22.6. The minimum absolute atomic E-state index is 0.176. The fraction of sp³-hybridized carbons (Fsp3) is 0.105. The van der Waals surface area contributed by atoms with Crippen molar-refractivity contribution in [1.82, 2.24) is 15.3 Å². The lowest BCUT2D eigenvalue weighted by atomic mass is 10.1. The van der Waals surface area contributed by atoms with E-state index in [1.165, 1.54) is 6.33 Å². The zero-order chi connectivity index (χ0) is 17.6. The van der Waals surface area contributed by atoms with Crippen LogP contribution in [0.1, 0.15) is 10.4 Å². The van der Waals surface area contributed by atoms with Crippen molar-refractivity contribution in [2.75, 3.05) is 19.1 Å². The zero-order valence-electron chi connectivity index (χ0n) is 14.0. The van der Waals surface area contributed by atoms with Gasteiger partial charge >= 0.3 is 0 Å². The van der Waals surface area contributed by atoms with Gasteiger partial charge in [0.2, 0.25) is 0 Å². The number of carbonyl (C=O) groups is 1. The largest absolute Gasteiger partial charge is 0.495 e. The molecule has 6 nitrogen and oxygen atoms in total. The lowest BCUT2D eigenvalue weighted by molar-refractivity contribution is 0.0963. The van der Waals surface area contributed by atoms with E-state index in [0.717, 1.165) is 5.69 Å². The summed E-state index contributed by atoms with van der Waals surface area (Å²) < 4.78 is 5.51. The summed E-state index contributed by atoms with van der Waals surface area (Å²) in [6.07, 6.45) is 3.13. The normalized spacial score (nSPS) is 10.2. The monoisotopic (exact) mass is 334 g/mol. The predicted molar refractivity (Wildman–Crippen MR) is 96.7 cm³/mol. The Balaban J connectivity index is 2.25. The number of aromatic nitrogens is 2. The molecule has 0 saturated heterocycles. The van der Waals surface area contributed by atoms with E-state index in [9.17, 15) is 4.79 Å². The van der Waals surface area contributed by atoms with Gasteiger partial charge in [-0.25, -0.2) is 9.97 Å². The van der Waals surface area contributed by atoms with Crippen molar-refractivity contribution in [3.63, 3.8) is 0 Å². The zero-order valence-corrected chi connectivity index (χ0v) is 14.0. The Morgan fingerprint density at radius 3 is 2.44 bits per heavy atom. The van der Waals surface area contributed by atoms with Crippen LogP contribution < -0.4 is 15.0 Å². The fourth-order valence-corrected chi connectivity index (χ4v) is 2.60. The maximum absolute atomic E-state index is 12.4. The third kappa shape index (κ3) is 3.28. The van der Waals surface area contributed by atoms with Gasteiger partial charge < -0.3 is 10.1 Å². The lowest BCUT2D eigenvalue weighted by Crippen LogP contribution is -2.22. The van der Waals surface area contributed by atoms with Crippen LogP contribution >= 0.6 is 0 Å². The van der Waals surface area contributed by atoms with Crippen molar-refractivity contribution in [2.24, 2.45) is 0 Å². The van der Waals surface area contributed by atoms with E-state index in [0.29, 0.717) is 22.8 Å². The van der Waals surface area contributed by atoms with E-state index in [-0.39, 0.29) is 5.91 Å². The molecule has 1 N–H and O–H groups in total. The van der Waals surface area contributed by atoms with E-state index >= 15 is 0 Å². The van der Waals surface area contributed by atoms with Crippen molar-refractivity contribution >= 4 is 23.1 Å². The number of para-hydroxylation sites is 3. The molecule has 1 amide bonds. The Morgan fingerprint density at radius 1 is 1.04 bits per heavy atom. The van der Waals surface area contributed by atoms with E-state index in [4.69, 9.17) is 4.74 Å². The van der Waals surface area contributed by atoms with Gasteiger partial charge in [0, 0.05) is 13.2 Å². The molecule has 0 aliphatic carbocycles. The molecule has 25 heavy (non-hydrogen) atoms. The molecule has 1 heterocycles. The van der Waals surface area contributed by atoms with Crippen molar-refractivity contribution in [2.45, 2.75) is 0 Å². The first kappa shape index (κ1) is 16.4. The average molecular weight is 334 g/mol. The highest BCUT2D eigenvalue weighted by atomic mass is 16.5. The quantitative estimate of drug-likeness (QED) is 0.775. The minimum atomic E-state index is -0.176. The van der Waals surface area contributed by atoms with Gasteiger partial charge in [-0.05, 0) is 30.3 Å². The van der Waals surface area contributed by atoms with Crippen LogP contribution in [-0.4, -0.2) is 30.0 Å². The summed E-state index contributed by atoms with van der Waals surface area (Å²) in [5, 5.41) is 2.68. The third-order valence-electron chi connectivity index (χ3n) is 3.74. The molecule has 0 fully saturated rings. The molecule has 3 aromatic rings. The molecule has 0 aliphatic heterocycles. The number of hydrogen-bond donors (Lipinski definition) is 1. The first-order valence-corrected chi connectivity index (χ1v) is 7.76. The molecule has 1 aromatic heterocycles. The van der Waals surface area contributed by atoms with E-state index in [1.807, 2.05) is 47.4 Å². The second kappa shape index (κ2) is 7.44. The highest BCUT2D eigenvalue weighted by Gasteiger charge is 2.22. The van der Waals surface area contributed by atoms with Gasteiger partial charge in [0.25, 0.3) is 5.91 Å². The Bertz CT molecular complexity index is 868. The molecule has 126 valence electrons. The number of hydrogen-bond acceptors (Lipinski definition) is 5. The number of benzene rings is 2. The average Bonchev–Trinajstić information content (AvgIpc) is 2.69. The minimum Gasteiger partial charge on any atom is -0.495 e. The molecule has 0 saturated carbocycles. The molecule has 0 spiro atoms. The lowest BCUT2D eigenvalue weighted by Gasteiger charge is -2.27. The maximum atomic E-state index is 12.4. The summed E-state index contributed by atoms with van der Waals surface area (Å²) in [6.45, 7) is 0. The first-order valence-electron chi connectivity index (χ1n) is 7.76. The summed E-state index contributed by atoms with van der Waals surface area (Å²) >= 11 is 0. The summed E-state index contributed by atoms with van der Waals surface area (Å²) in [6, 6.07) is 16.7. The van der Waals surface area contributed by atoms with Gasteiger partial charge in [-0.15, -0.1) is 0 Å². The Kier molecular flexibility index (Phi) is 4.89. The SMILES string of the molecule is CNC(=O)c1ccccc1N(c1ccncn1)c1ccccc1OC. The number of rotatable bonds is 5. The highest BCUT2D eigenvalue weighted by molar-refractivity contribution is 6.01. The first-order chi connectivity index (χ1) is 12.3. The van der Waals surface area contributed by atoms with Crippen molar-refractivity contribution < 1.29 is 9.53 Å². The molecule has 2 aromatic carbocycles. The molecule has 0 atom stereocenters. The second-order valence-electron chi connectivity index (χ2n) is 5.17. The standard InChI is InChI=1S/C19H18N4O2/c1-20-19(24)14-7-3-4-8-15(14)23(18-11-12-21-13-22-18)16-9-5-6-10-17(16)25-2/h3-13H,1-2H3,(H,20,24). The van der Waals surface area contributed by atoms with E-state index in [2.05, 4.69) is 15.3 Å². The second-order valence-corrected chi connectivity index (χ2v) is 5.17. The smallest absolute Gasteiger partial charge is 0.253 e. The number of ether oxygens (including phenoxy) is 1. The summed E-state index contributed by atoms with van der Waals surface area (Å²) in [5.41, 5.74) is 2.01. The molecule has 0 bridgehead atoms. The van der Waals surface area contributed by atoms with Crippen molar-refractivity contribution in [1.29, 1.82) is 0 Å². The number of anilines is 3. The molecule has 0 radical (unpaired) electrons. The molecule has 3 rings (SSSR count). The Hall–Kier alpha value is -3.41. The molecular formula is C19H18N4O2. The van der Waals surface area contributed by atoms with Crippen LogP contribution in [0.2, 0.25) is 0 Å². The topological polar surface area (TPSA) is 67.4 Å². The van der Waals surface area contributed by atoms with Gasteiger partial charge in [0.1, 0.15) is 17.9 Å². The molecule has 6 heteroatoms. The number of methoxy groups -OCH3 is 1. The van der Waals surface area contributed by atoms with Crippen LogP contribution in [-0.2, 0) is 0 Å². The van der Waals surface area contributed by atoms with Crippen LogP contribution in [0.4, 0.5) is 17.2 Å². The molecular weight excluding hydrogens is 316 g/mol. The Labute approximate surface area is 146 Å². The number of carbonyl (C=O) groups excluding carboxylic acids is 1. The predicted octanol–water partition coefficient (Wildman–Crippen LogP) is 3.31. The van der Waals surface area contributed by atoms with Crippen LogP contribution in [0.5, 0.6) is 5.75 Å². The van der Waals surface area contributed by atoms with Crippen molar-refractivity contribution in [3.05, 3.63) is 72.7 Å². The number of nitrogens with one attached hydrogen (secondary N) is 1. The summed E-state index contributed by atoms with van der Waals surface area (Å²) in [7, 11) is 3.22. The van der Waals surface area contributed by atoms with Gasteiger partial charge in [-0.2, -0.15) is 0 Å². The van der Waals surface area contributed by atoms with Crippen LogP contribution in [0, 0.1) is 0 Å². The van der Waals surface area contributed by atoms with Gasteiger partial charge in [0.05, 0.1) is 24.0 Å².